The molecule has 220 valence electrons. The molecule has 2 atom stereocenters. The first kappa shape index (κ1) is 31.1. The highest BCUT2D eigenvalue weighted by Crippen LogP contribution is 2.46. The lowest BCUT2D eigenvalue weighted by Gasteiger charge is -2.31. The zero-order valence-electron chi connectivity index (χ0n) is 21.5. The van der Waals surface area contributed by atoms with Gasteiger partial charge < -0.3 is 9.64 Å². The van der Waals surface area contributed by atoms with Crippen LogP contribution in [0.4, 0.5) is 50.0 Å². The first-order valence-electron chi connectivity index (χ1n) is 12.1. The zero-order chi connectivity index (χ0) is 30.2. The van der Waals surface area contributed by atoms with E-state index in [4.69, 9.17) is 4.74 Å². The lowest BCUT2D eigenvalue weighted by atomic mass is 9.91. The minimum Gasteiger partial charge on any atom is -0.449 e. The number of nitrogens with zero attached hydrogens (tertiary/aromatic N) is 2. The molecule has 40 heavy (non-hydrogen) atoms. The van der Waals surface area contributed by atoms with E-state index in [0.29, 0.717) is 12.1 Å². The van der Waals surface area contributed by atoms with Crippen molar-refractivity contribution < 1.29 is 53.8 Å². The van der Waals surface area contributed by atoms with Crippen molar-refractivity contribution in [3.05, 3.63) is 64.2 Å². The summed E-state index contributed by atoms with van der Waals surface area (Å²) in [7, 11) is 0. The van der Waals surface area contributed by atoms with Gasteiger partial charge in [0.25, 0.3) is 0 Å². The Bertz CT molecular complexity index is 1220. The highest BCUT2D eigenvalue weighted by Gasteiger charge is 2.44. The van der Waals surface area contributed by atoms with Crippen LogP contribution >= 0.6 is 0 Å². The lowest BCUT2D eigenvalue weighted by Crippen LogP contribution is -2.43. The van der Waals surface area contributed by atoms with Crippen molar-refractivity contribution in [1.82, 2.24) is 4.90 Å². The Morgan fingerprint density at radius 3 is 1.85 bits per heavy atom. The van der Waals surface area contributed by atoms with Crippen LogP contribution < -0.4 is 4.90 Å². The average Bonchev–Trinajstić information content (AvgIpc) is 3.14. The summed E-state index contributed by atoms with van der Waals surface area (Å²) in [5.41, 5.74) is -4.50. The highest BCUT2D eigenvalue weighted by molar-refractivity contribution is 5.92. The fourth-order valence-electron chi connectivity index (χ4n) is 4.80. The van der Waals surface area contributed by atoms with E-state index in [-0.39, 0.29) is 30.3 Å². The topological polar surface area (TPSA) is 49.9 Å². The molecule has 1 aliphatic heterocycles. The van der Waals surface area contributed by atoms with Crippen LogP contribution in [-0.2, 0) is 34.6 Å². The molecular formula is C26H25F9N2O3. The van der Waals surface area contributed by atoms with Gasteiger partial charge >= 0.3 is 24.6 Å². The van der Waals surface area contributed by atoms with E-state index < -0.39 is 77.8 Å². The Kier molecular flexibility index (Phi) is 8.70. The van der Waals surface area contributed by atoms with Crippen LogP contribution in [-0.4, -0.2) is 36.1 Å². The fourth-order valence-corrected chi connectivity index (χ4v) is 4.80. The van der Waals surface area contributed by atoms with Gasteiger partial charge in [0.1, 0.15) is 0 Å². The first-order chi connectivity index (χ1) is 18.4. The van der Waals surface area contributed by atoms with E-state index in [1.165, 1.54) is 6.92 Å². The van der Waals surface area contributed by atoms with Crippen molar-refractivity contribution in [3.63, 3.8) is 0 Å². The van der Waals surface area contributed by atoms with Crippen LogP contribution in [0.15, 0.2) is 36.4 Å². The monoisotopic (exact) mass is 584 g/mol. The molecule has 0 radical (unpaired) electrons. The summed E-state index contributed by atoms with van der Waals surface area (Å²) in [6, 6.07) is 2.81. The van der Waals surface area contributed by atoms with Gasteiger partial charge in [-0.05, 0) is 60.9 Å². The maximum Gasteiger partial charge on any atom is 0.416 e. The molecule has 5 nitrogen and oxygen atoms in total. The number of rotatable bonds is 6. The van der Waals surface area contributed by atoms with E-state index in [2.05, 4.69) is 0 Å². The third kappa shape index (κ3) is 6.64. The van der Waals surface area contributed by atoms with Crippen LogP contribution in [0.25, 0.3) is 0 Å². The molecule has 0 aliphatic carbocycles. The molecule has 0 saturated carbocycles. The minimum atomic E-state index is -5.11. The molecule has 1 aliphatic rings. The van der Waals surface area contributed by atoms with Gasteiger partial charge in [-0.2, -0.15) is 39.5 Å². The van der Waals surface area contributed by atoms with Gasteiger partial charge in [-0.1, -0.05) is 6.92 Å². The number of hydrogen-bond donors (Lipinski definition) is 0. The molecule has 2 unspecified atom stereocenters. The minimum absolute atomic E-state index is 0.0386. The molecule has 0 aromatic heterocycles. The number of halogens is 9. The van der Waals surface area contributed by atoms with Gasteiger partial charge in [0.05, 0.1) is 29.0 Å². The maximum atomic E-state index is 13.5. The van der Waals surface area contributed by atoms with Crippen LogP contribution in [0.1, 0.15) is 60.9 Å². The van der Waals surface area contributed by atoms with Gasteiger partial charge in [-0.15, -0.1) is 0 Å². The van der Waals surface area contributed by atoms with Crippen molar-refractivity contribution in [1.29, 1.82) is 0 Å². The SMILES string of the molecule is CCOC(=O)N1c2ccc(C(F)(F)F)cc2C(CN(Cc2cc(C(F)(F)F)cc(C(F)(F)F)c2)C(C)=O)C1CC. The van der Waals surface area contributed by atoms with Crippen LogP contribution in [0.5, 0.6) is 0 Å². The number of hydrogen-bond acceptors (Lipinski definition) is 3. The maximum absolute atomic E-state index is 13.5. The molecular weight excluding hydrogens is 559 g/mol. The third-order valence-corrected chi connectivity index (χ3v) is 6.58. The first-order valence-corrected chi connectivity index (χ1v) is 12.1. The summed E-state index contributed by atoms with van der Waals surface area (Å²) in [5.74, 6) is -1.70. The van der Waals surface area contributed by atoms with Gasteiger partial charge in [-0.25, -0.2) is 4.79 Å². The zero-order valence-corrected chi connectivity index (χ0v) is 21.5. The predicted octanol–water partition coefficient (Wildman–Crippen LogP) is 7.63. The second kappa shape index (κ2) is 11.2. The third-order valence-electron chi connectivity index (χ3n) is 6.58. The Morgan fingerprint density at radius 1 is 0.850 bits per heavy atom. The predicted molar refractivity (Wildman–Crippen MR) is 125 cm³/mol. The number of anilines is 1. The van der Waals surface area contributed by atoms with Crippen LogP contribution in [0.3, 0.4) is 0 Å². The fraction of sp³-hybridized carbons (Fsp3) is 0.462. The Balaban J connectivity index is 2.08. The van der Waals surface area contributed by atoms with Crippen molar-refractivity contribution in [3.8, 4) is 0 Å². The molecule has 0 fully saturated rings. The van der Waals surface area contributed by atoms with Crippen molar-refractivity contribution in [2.75, 3.05) is 18.1 Å². The molecule has 3 rings (SSSR count). The largest absolute Gasteiger partial charge is 0.449 e. The second-order valence-corrected chi connectivity index (χ2v) is 9.24. The standard InChI is InChI=1S/C26H25F9N2O3/c1-4-21-20(19-11-16(24(27,28)29)6-7-22(19)37(21)23(39)40-5-2)13-36(14(3)38)12-15-8-17(25(30,31)32)10-18(9-15)26(33,34)35/h6-11,20-21H,4-5,12-13H2,1-3H3. The van der Waals surface area contributed by atoms with Crippen molar-refractivity contribution >= 4 is 17.7 Å². The van der Waals surface area contributed by atoms with Crippen molar-refractivity contribution in [2.24, 2.45) is 0 Å². The second-order valence-electron chi connectivity index (χ2n) is 9.24. The number of alkyl halides is 9. The molecule has 1 heterocycles. The van der Waals surface area contributed by atoms with E-state index in [1.54, 1.807) is 6.92 Å². The summed E-state index contributed by atoms with van der Waals surface area (Å²) < 4.78 is 126. The molecule has 2 aromatic rings. The van der Waals surface area contributed by atoms with Crippen LogP contribution in [0.2, 0.25) is 0 Å². The van der Waals surface area contributed by atoms with Gasteiger partial charge in [0.15, 0.2) is 0 Å². The normalized spacial score (nSPS) is 17.6. The lowest BCUT2D eigenvalue weighted by molar-refractivity contribution is -0.143. The summed E-state index contributed by atoms with van der Waals surface area (Å²) in [6.07, 6.45) is -15.6. The summed E-state index contributed by atoms with van der Waals surface area (Å²) in [5, 5.41) is 0. The van der Waals surface area contributed by atoms with E-state index >= 15 is 0 Å². The molecule has 0 N–H and O–H groups in total. The number of ether oxygens (including phenoxy) is 1. The van der Waals surface area contributed by atoms with E-state index in [1.807, 2.05) is 0 Å². The number of carbonyl (C=O) groups is 2. The van der Waals surface area contributed by atoms with Crippen molar-refractivity contribution in [2.45, 2.75) is 64.2 Å². The van der Waals surface area contributed by atoms with E-state index in [9.17, 15) is 49.1 Å². The molecule has 2 aromatic carbocycles. The number of amides is 2. The van der Waals surface area contributed by atoms with Gasteiger partial charge in [0.2, 0.25) is 5.91 Å². The van der Waals surface area contributed by atoms with Crippen LogP contribution in [0, 0.1) is 0 Å². The number of carbonyl (C=O) groups excluding carboxylic acids is 2. The van der Waals surface area contributed by atoms with Gasteiger partial charge in [0, 0.05) is 32.0 Å². The molecule has 0 bridgehead atoms. The molecule has 0 saturated heterocycles. The quantitative estimate of drug-likeness (QED) is 0.328. The number of benzene rings is 2. The average molecular weight is 584 g/mol. The Morgan fingerprint density at radius 2 is 1.40 bits per heavy atom. The number of fused-ring (bicyclic) bond motifs is 1. The summed E-state index contributed by atoms with van der Waals surface area (Å²) in [4.78, 5) is 27.4. The molecule has 2 amide bonds. The van der Waals surface area contributed by atoms with Gasteiger partial charge in [-0.3, -0.25) is 9.69 Å². The van der Waals surface area contributed by atoms with E-state index in [0.717, 1.165) is 34.9 Å². The Hall–Kier alpha value is -3.45. The Labute approximate surface area is 223 Å². The molecule has 0 spiro atoms. The summed E-state index contributed by atoms with van der Waals surface area (Å²) >= 11 is 0. The molecule has 14 heteroatoms. The summed E-state index contributed by atoms with van der Waals surface area (Å²) in [6.45, 7) is 3.08. The highest BCUT2D eigenvalue weighted by atomic mass is 19.4. The smallest absolute Gasteiger partial charge is 0.416 e.